The zero-order chi connectivity index (χ0) is 16.9. The van der Waals surface area contributed by atoms with Gasteiger partial charge in [0.25, 0.3) is 0 Å². The summed E-state index contributed by atoms with van der Waals surface area (Å²) in [7, 11) is 0. The van der Waals surface area contributed by atoms with Crippen molar-refractivity contribution < 1.29 is 19.4 Å². The minimum absolute atomic E-state index is 0.271. The topological polar surface area (TPSA) is 102 Å². The highest BCUT2D eigenvalue weighted by Crippen LogP contribution is 2.19. The molecule has 0 aliphatic carbocycles. The third-order valence-corrected chi connectivity index (χ3v) is 3.10. The molecule has 0 saturated heterocycles. The quantitative estimate of drug-likeness (QED) is 0.767. The fraction of sp³-hybridized carbons (Fsp3) is 0.467. The monoisotopic (exact) mass is 328 g/mol. The molecule has 0 spiro atoms. The van der Waals surface area contributed by atoms with E-state index in [0.717, 1.165) is 0 Å². The van der Waals surface area contributed by atoms with Crippen LogP contribution in [0, 0.1) is 0 Å². The van der Waals surface area contributed by atoms with Crippen molar-refractivity contribution in [3.8, 4) is 0 Å². The zero-order valence-corrected chi connectivity index (χ0v) is 13.6. The van der Waals surface area contributed by atoms with Gasteiger partial charge in [0.05, 0.1) is 12.6 Å². The van der Waals surface area contributed by atoms with E-state index in [9.17, 15) is 14.7 Å². The first-order chi connectivity index (χ1) is 10.1. The number of halogens is 1. The second kappa shape index (κ2) is 7.47. The predicted octanol–water partition coefficient (Wildman–Crippen LogP) is 1.87. The summed E-state index contributed by atoms with van der Waals surface area (Å²) in [5, 5.41) is 12.3. The number of hydrogen-bond acceptors (Lipinski definition) is 4. The summed E-state index contributed by atoms with van der Waals surface area (Å²) in [5.41, 5.74) is 5.54. The predicted molar refractivity (Wildman–Crippen MR) is 83.9 cm³/mol. The average Bonchev–Trinajstić information content (AvgIpc) is 2.37. The number of hydrogen-bond donors (Lipinski definition) is 3. The smallest absolute Gasteiger partial charge is 0.407 e. The van der Waals surface area contributed by atoms with Crippen molar-refractivity contribution in [3.63, 3.8) is 0 Å². The van der Waals surface area contributed by atoms with Crippen LogP contribution in [-0.2, 0) is 11.2 Å². The number of nitrogens with one attached hydrogen (secondary N) is 1. The van der Waals surface area contributed by atoms with E-state index >= 15 is 0 Å². The van der Waals surface area contributed by atoms with Crippen LogP contribution in [0.15, 0.2) is 18.2 Å². The van der Waals surface area contributed by atoms with Crippen LogP contribution in [0.5, 0.6) is 0 Å². The van der Waals surface area contributed by atoms with Crippen molar-refractivity contribution in [1.29, 1.82) is 0 Å². The fourth-order valence-electron chi connectivity index (χ4n) is 1.77. The van der Waals surface area contributed by atoms with Gasteiger partial charge in [-0.25, -0.2) is 4.79 Å². The Bertz CT molecular complexity index is 555. The van der Waals surface area contributed by atoms with E-state index in [2.05, 4.69) is 5.32 Å². The molecular weight excluding hydrogens is 308 g/mol. The lowest BCUT2D eigenvalue weighted by atomic mass is 10.0. The Balaban J connectivity index is 2.74. The van der Waals surface area contributed by atoms with E-state index in [1.54, 1.807) is 32.9 Å². The lowest BCUT2D eigenvalue weighted by Gasteiger charge is -2.23. The third kappa shape index (κ3) is 5.91. The Morgan fingerprint density at radius 2 is 2.05 bits per heavy atom. The summed E-state index contributed by atoms with van der Waals surface area (Å²) in [5.74, 6) is -0.570. The summed E-state index contributed by atoms with van der Waals surface area (Å²) in [6.07, 6.45) is -0.315. The molecule has 0 aliphatic rings. The molecule has 1 atom stereocenters. The summed E-state index contributed by atoms with van der Waals surface area (Å²) in [4.78, 5) is 22.8. The van der Waals surface area contributed by atoms with Gasteiger partial charge in [0.1, 0.15) is 5.60 Å². The second-order valence-electron chi connectivity index (χ2n) is 5.90. The van der Waals surface area contributed by atoms with E-state index in [0.29, 0.717) is 22.6 Å². The number of carbonyl (C=O) groups excluding carboxylic acids is 2. The Morgan fingerprint density at radius 3 is 2.50 bits per heavy atom. The van der Waals surface area contributed by atoms with Gasteiger partial charge in [0.2, 0.25) is 5.91 Å². The van der Waals surface area contributed by atoms with Crippen molar-refractivity contribution in [2.24, 2.45) is 5.73 Å². The van der Waals surface area contributed by atoms with Gasteiger partial charge in [0, 0.05) is 10.6 Å². The first-order valence-electron chi connectivity index (χ1n) is 6.81. The van der Waals surface area contributed by atoms with Crippen LogP contribution in [0.4, 0.5) is 4.79 Å². The molecule has 0 heterocycles. The van der Waals surface area contributed by atoms with Gasteiger partial charge in [-0.05, 0) is 44.9 Å². The highest BCUT2D eigenvalue weighted by molar-refractivity contribution is 6.31. The van der Waals surface area contributed by atoms with Gasteiger partial charge in [0.15, 0.2) is 0 Å². The van der Waals surface area contributed by atoms with Crippen LogP contribution >= 0.6 is 11.6 Å². The Hall–Kier alpha value is -1.79. The van der Waals surface area contributed by atoms with Gasteiger partial charge in [-0.15, -0.1) is 0 Å². The lowest BCUT2D eigenvalue weighted by molar-refractivity contribution is 0.0482. The Labute approximate surface area is 134 Å². The molecule has 22 heavy (non-hydrogen) atoms. The zero-order valence-electron chi connectivity index (χ0n) is 12.9. The first kappa shape index (κ1) is 18.3. The largest absolute Gasteiger partial charge is 0.444 e. The summed E-state index contributed by atoms with van der Waals surface area (Å²) < 4.78 is 5.13. The average molecular weight is 329 g/mol. The second-order valence-corrected chi connectivity index (χ2v) is 6.31. The van der Waals surface area contributed by atoms with Crippen LogP contribution < -0.4 is 11.1 Å². The van der Waals surface area contributed by atoms with Gasteiger partial charge in [-0.3, -0.25) is 4.79 Å². The Morgan fingerprint density at radius 1 is 1.41 bits per heavy atom. The van der Waals surface area contributed by atoms with E-state index in [4.69, 9.17) is 22.1 Å². The Kier molecular flexibility index (Phi) is 6.20. The molecule has 4 N–H and O–H groups in total. The van der Waals surface area contributed by atoms with Crippen LogP contribution in [0.1, 0.15) is 36.7 Å². The van der Waals surface area contributed by atoms with Crippen molar-refractivity contribution >= 4 is 23.6 Å². The van der Waals surface area contributed by atoms with Gasteiger partial charge in [-0.2, -0.15) is 0 Å². The molecule has 122 valence electrons. The first-order valence-corrected chi connectivity index (χ1v) is 7.19. The maximum absolute atomic E-state index is 11.7. The SMILES string of the molecule is CC(C)(C)OC(=O)N[C@H](CO)Cc1ccc(C(N)=O)cc1Cl. The van der Waals surface area contributed by atoms with Crippen molar-refractivity contribution in [2.75, 3.05) is 6.61 Å². The fourth-order valence-corrected chi connectivity index (χ4v) is 2.02. The number of nitrogens with two attached hydrogens (primary N) is 1. The third-order valence-electron chi connectivity index (χ3n) is 2.75. The van der Waals surface area contributed by atoms with E-state index in [1.165, 1.54) is 6.07 Å². The molecule has 1 aromatic rings. The van der Waals surface area contributed by atoms with Crippen LogP contribution in [0.3, 0.4) is 0 Å². The lowest BCUT2D eigenvalue weighted by Crippen LogP contribution is -2.42. The van der Waals surface area contributed by atoms with Crippen LogP contribution in [-0.4, -0.2) is 35.4 Å². The van der Waals surface area contributed by atoms with Gasteiger partial charge in [-0.1, -0.05) is 17.7 Å². The number of aliphatic hydroxyl groups excluding tert-OH is 1. The molecule has 0 aromatic heterocycles. The molecule has 0 bridgehead atoms. The molecule has 0 aliphatic heterocycles. The summed E-state index contributed by atoms with van der Waals surface area (Å²) in [6, 6.07) is 4.10. The number of amides is 2. The van der Waals surface area contributed by atoms with Gasteiger partial charge < -0.3 is 20.9 Å². The molecule has 6 nitrogen and oxygen atoms in total. The molecule has 2 amide bonds. The number of alkyl carbamates (subject to hydrolysis) is 1. The number of ether oxygens (including phenoxy) is 1. The number of aliphatic hydroxyl groups is 1. The molecule has 0 radical (unpaired) electrons. The standard InChI is InChI=1S/C15H21ClN2O4/c1-15(2,3)22-14(21)18-11(8-19)6-9-4-5-10(13(17)20)7-12(9)16/h4-5,7,11,19H,6,8H2,1-3H3,(H2,17,20)(H,18,21)/t11-/m0/s1. The minimum atomic E-state index is -0.620. The normalized spacial score (nSPS) is 12.6. The molecule has 0 fully saturated rings. The van der Waals surface area contributed by atoms with E-state index in [-0.39, 0.29) is 6.61 Å². The summed E-state index contributed by atoms with van der Waals surface area (Å²) in [6.45, 7) is 4.98. The van der Waals surface area contributed by atoms with Gasteiger partial charge >= 0.3 is 6.09 Å². The number of benzene rings is 1. The minimum Gasteiger partial charge on any atom is -0.444 e. The van der Waals surface area contributed by atoms with Crippen molar-refractivity contribution in [3.05, 3.63) is 34.3 Å². The maximum atomic E-state index is 11.7. The van der Waals surface area contributed by atoms with Crippen LogP contribution in [0.2, 0.25) is 5.02 Å². The summed E-state index contributed by atoms with van der Waals surface area (Å²) >= 11 is 6.08. The number of rotatable bonds is 5. The molecule has 0 saturated carbocycles. The van der Waals surface area contributed by atoms with E-state index in [1.807, 2.05) is 0 Å². The number of primary amides is 1. The van der Waals surface area contributed by atoms with Crippen molar-refractivity contribution in [2.45, 2.75) is 38.8 Å². The molecule has 7 heteroatoms. The molecule has 1 aromatic carbocycles. The highest BCUT2D eigenvalue weighted by atomic mass is 35.5. The maximum Gasteiger partial charge on any atom is 0.407 e. The van der Waals surface area contributed by atoms with Crippen molar-refractivity contribution in [1.82, 2.24) is 5.32 Å². The van der Waals surface area contributed by atoms with E-state index < -0.39 is 23.6 Å². The van der Waals surface area contributed by atoms with Crippen LogP contribution in [0.25, 0.3) is 0 Å². The number of carbonyl (C=O) groups is 2. The molecule has 0 unspecified atom stereocenters. The molecule has 1 rings (SSSR count). The molecular formula is C15H21ClN2O4. The highest BCUT2D eigenvalue weighted by Gasteiger charge is 2.20.